The molecule has 0 saturated heterocycles. The molecule has 11 aromatic carbocycles. The zero-order valence-electron chi connectivity index (χ0n) is 37.7. The first-order chi connectivity index (χ1) is 34.2. The van der Waals surface area contributed by atoms with E-state index in [0.29, 0.717) is 0 Å². The molecular weight excluding hydrogens is 837 g/mol. The summed E-state index contributed by atoms with van der Waals surface area (Å²) in [7, 11) is 0. The topological polar surface area (TPSA) is 21.3 Å². The molecular formula is C66H44N2O. The molecule has 2 heterocycles. The number of hydrogen-bond donors (Lipinski definition) is 0. The molecule has 13 aromatic rings. The molecule has 0 N–H and O–H groups in total. The van der Waals surface area contributed by atoms with Gasteiger partial charge in [-0.1, -0.05) is 194 Å². The lowest BCUT2D eigenvalue weighted by Gasteiger charge is -2.28. The molecule has 0 bridgehead atoms. The Balaban J connectivity index is 0.882. The maximum absolute atomic E-state index is 6.41. The van der Waals surface area contributed by atoms with Crippen molar-refractivity contribution in [2.45, 2.75) is 0 Å². The average Bonchev–Trinajstić information content (AvgIpc) is 3.98. The summed E-state index contributed by atoms with van der Waals surface area (Å²) in [6.07, 6.45) is 0. The summed E-state index contributed by atoms with van der Waals surface area (Å²) in [4.78, 5) is 2.39. The third kappa shape index (κ3) is 7.08. The highest BCUT2D eigenvalue weighted by atomic mass is 16.3. The fourth-order valence-electron chi connectivity index (χ4n) is 10.4. The van der Waals surface area contributed by atoms with Gasteiger partial charge >= 0.3 is 0 Å². The van der Waals surface area contributed by atoms with E-state index in [-0.39, 0.29) is 0 Å². The summed E-state index contributed by atoms with van der Waals surface area (Å²) in [5.74, 6) is 0. The first-order valence-electron chi connectivity index (χ1n) is 23.6. The van der Waals surface area contributed by atoms with E-state index in [4.69, 9.17) is 4.42 Å². The molecule has 0 unspecified atom stereocenters. The Morgan fingerprint density at radius 2 is 0.739 bits per heavy atom. The molecule has 0 aliphatic carbocycles. The maximum Gasteiger partial charge on any atom is 0.136 e. The average molecular weight is 881 g/mol. The lowest BCUT2D eigenvalue weighted by Crippen LogP contribution is -2.11. The van der Waals surface area contributed by atoms with Gasteiger partial charge < -0.3 is 13.9 Å². The third-order valence-electron chi connectivity index (χ3n) is 13.6. The van der Waals surface area contributed by atoms with Crippen LogP contribution in [0.5, 0.6) is 0 Å². The van der Waals surface area contributed by atoms with Crippen LogP contribution in [0.25, 0.3) is 105 Å². The number of benzene rings is 11. The Hall–Kier alpha value is -9.18. The minimum absolute atomic E-state index is 0.877. The Kier molecular flexibility index (Phi) is 9.84. The van der Waals surface area contributed by atoms with Gasteiger partial charge in [0.2, 0.25) is 0 Å². The van der Waals surface area contributed by atoms with E-state index < -0.39 is 0 Å². The van der Waals surface area contributed by atoms with E-state index >= 15 is 0 Å². The van der Waals surface area contributed by atoms with Crippen LogP contribution in [0, 0.1) is 0 Å². The van der Waals surface area contributed by atoms with Gasteiger partial charge in [0.05, 0.1) is 16.7 Å². The van der Waals surface area contributed by atoms with Gasteiger partial charge in [0.15, 0.2) is 0 Å². The van der Waals surface area contributed by atoms with Crippen molar-refractivity contribution in [3.63, 3.8) is 0 Å². The summed E-state index contributed by atoms with van der Waals surface area (Å²) in [6, 6.07) is 96.0. The fraction of sp³-hybridized carbons (Fsp3) is 0. The lowest BCUT2D eigenvalue weighted by molar-refractivity contribution is 0.669. The summed E-state index contributed by atoms with van der Waals surface area (Å²) in [5, 5.41) is 4.76. The number of nitrogens with zero attached hydrogens (tertiary/aromatic N) is 2. The molecule has 69 heavy (non-hydrogen) atoms. The molecule has 0 radical (unpaired) electrons. The summed E-state index contributed by atoms with van der Waals surface area (Å²) in [5.41, 5.74) is 20.2. The van der Waals surface area contributed by atoms with Crippen LogP contribution in [0.4, 0.5) is 17.1 Å². The number of rotatable bonds is 9. The van der Waals surface area contributed by atoms with Crippen LogP contribution in [0.15, 0.2) is 271 Å². The van der Waals surface area contributed by atoms with Crippen molar-refractivity contribution < 1.29 is 4.42 Å². The highest BCUT2D eigenvalue weighted by Gasteiger charge is 2.21. The smallest absolute Gasteiger partial charge is 0.136 e. The number of anilines is 3. The van der Waals surface area contributed by atoms with E-state index in [9.17, 15) is 0 Å². The van der Waals surface area contributed by atoms with Gasteiger partial charge in [0.1, 0.15) is 11.2 Å². The predicted octanol–water partition coefficient (Wildman–Crippen LogP) is 18.5. The second kappa shape index (κ2) is 16.9. The van der Waals surface area contributed by atoms with E-state index in [1.807, 2.05) is 6.07 Å². The Labute approximate surface area is 401 Å². The van der Waals surface area contributed by atoms with E-state index in [1.54, 1.807) is 0 Å². The Bertz CT molecular complexity index is 3940. The molecule has 13 rings (SSSR count). The summed E-state index contributed by atoms with van der Waals surface area (Å²) < 4.78 is 8.78. The van der Waals surface area contributed by atoms with Crippen LogP contribution in [0.2, 0.25) is 0 Å². The van der Waals surface area contributed by atoms with Gasteiger partial charge in [-0.3, -0.25) is 0 Å². The third-order valence-corrected chi connectivity index (χ3v) is 13.6. The number of fused-ring (bicyclic) bond motifs is 6. The summed E-state index contributed by atoms with van der Waals surface area (Å²) in [6.45, 7) is 0. The zero-order valence-corrected chi connectivity index (χ0v) is 37.7. The molecule has 3 heteroatoms. The number of para-hydroxylation sites is 4. The largest absolute Gasteiger partial charge is 0.456 e. The number of hydrogen-bond acceptors (Lipinski definition) is 2. The number of aromatic nitrogens is 1. The van der Waals surface area contributed by atoms with Crippen LogP contribution in [0.1, 0.15) is 0 Å². The fourth-order valence-corrected chi connectivity index (χ4v) is 10.4. The normalized spacial score (nSPS) is 11.5. The van der Waals surface area contributed by atoms with Crippen LogP contribution < -0.4 is 4.90 Å². The van der Waals surface area contributed by atoms with Crippen LogP contribution in [-0.4, -0.2) is 4.57 Å². The molecule has 0 atom stereocenters. The van der Waals surface area contributed by atoms with E-state index in [0.717, 1.165) is 72.5 Å². The van der Waals surface area contributed by atoms with Crippen molar-refractivity contribution in [3.05, 3.63) is 267 Å². The monoisotopic (exact) mass is 880 g/mol. The quantitative estimate of drug-likeness (QED) is 0.144. The summed E-state index contributed by atoms with van der Waals surface area (Å²) >= 11 is 0. The van der Waals surface area contributed by atoms with Crippen molar-refractivity contribution in [2.75, 3.05) is 4.90 Å². The SMILES string of the molecule is c1ccc(-c2ccccc2-c2ccc(N(c3ccc(-c4cccc(-c5ccc(-n6c7ccccc7c7ccccc76)cc5)c4)cc3)c3ccccc3-c3cccc4oc5ccccc5c34)cc2)cc1. The van der Waals surface area contributed by atoms with Gasteiger partial charge in [-0.05, 0) is 123 Å². The van der Waals surface area contributed by atoms with Gasteiger partial charge in [0, 0.05) is 44.2 Å². The first kappa shape index (κ1) is 40.1. The predicted molar refractivity (Wildman–Crippen MR) is 290 cm³/mol. The minimum Gasteiger partial charge on any atom is -0.456 e. The van der Waals surface area contributed by atoms with Gasteiger partial charge in [-0.2, -0.15) is 0 Å². The van der Waals surface area contributed by atoms with E-state index in [2.05, 4.69) is 270 Å². The first-order valence-corrected chi connectivity index (χ1v) is 23.6. The van der Waals surface area contributed by atoms with Crippen molar-refractivity contribution in [1.82, 2.24) is 4.57 Å². The van der Waals surface area contributed by atoms with Gasteiger partial charge in [-0.15, -0.1) is 0 Å². The standard InChI is InChI=1S/C66H44N2O/c1-2-16-47(17-3-1)54-20-4-5-21-55(54)48-36-42-52(43-37-48)67(61-27-10-8-24-58(61)59-26-15-31-65-66(59)60-25-9-13-30-64(60)69-65)51-38-32-45(33-39-51)49-18-14-19-50(44-49)46-34-40-53(41-35-46)68-62-28-11-6-22-56(62)57-23-7-12-29-63(57)68/h1-44H. The second-order valence-electron chi connectivity index (χ2n) is 17.6. The van der Waals surface area contributed by atoms with Crippen molar-refractivity contribution >= 4 is 60.8 Å². The number of furan rings is 1. The van der Waals surface area contributed by atoms with Crippen LogP contribution >= 0.6 is 0 Å². The molecule has 2 aromatic heterocycles. The van der Waals surface area contributed by atoms with Crippen LogP contribution in [-0.2, 0) is 0 Å². The highest BCUT2D eigenvalue weighted by molar-refractivity contribution is 6.14. The minimum atomic E-state index is 0.877. The molecule has 0 spiro atoms. The highest BCUT2D eigenvalue weighted by Crippen LogP contribution is 2.46. The molecule has 324 valence electrons. The Morgan fingerprint density at radius 3 is 1.39 bits per heavy atom. The molecule has 0 fully saturated rings. The molecule has 3 nitrogen and oxygen atoms in total. The maximum atomic E-state index is 6.41. The Morgan fingerprint density at radius 1 is 0.290 bits per heavy atom. The zero-order chi connectivity index (χ0) is 45.7. The van der Waals surface area contributed by atoms with Crippen molar-refractivity contribution in [1.29, 1.82) is 0 Å². The molecule has 0 saturated carbocycles. The second-order valence-corrected chi connectivity index (χ2v) is 17.6. The molecule has 0 aliphatic heterocycles. The van der Waals surface area contributed by atoms with Gasteiger partial charge in [0.25, 0.3) is 0 Å². The van der Waals surface area contributed by atoms with Gasteiger partial charge in [-0.25, -0.2) is 0 Å². The van der Waals surface area contributed by atoms with Crippen molar-refractivity contribution in [2.24, 2.45) is 0 Å². The molecule has 0 amide bonds. The van der Waals surface area contributed by atoms with Crippen molar-refractivity contribution in [3.8, 4) is 61.3 Å². The van der Waals surface area contributed by atoms with Crippen LogP contribution in [0.3, 0.4) is 0 Å². The lowest BCUT2D eigenvalue weighted by atomic mass is 9.94. The van der Waals surface area contributed by atoms with E-state index in [1.165, 1.54) is 49.6 Å². The molecule has 0 aliphatic rings.